The van der Waals surface area contributed by atoms with E-state index < -0.39 is 27.2 Å². The molecule has 112 valence electrons. The van der Waals surface area contributed by atoms with Gasteiger partial charge in [-0.25, -0.2) is 8.42 Å². The van der Waals surface area contributed by atoms with Crippen molar-refractivity contribution in [1.29, 1.82) is 0 Å². The molecule has 0 spiro atoms. The van der Waals surface area contributed by atoms with Crippen LogP contribution in [0.15, 0.2) is 15.9 Å². The number of aliphatic carboxylic acids is 1. The van der Waals surface area contributed by atoms with Crippen LogP contribution in [-0.2, 0) is 21.4 Å². The number of thiophene rings is 1. The molecule has 0 amide bonds. The minimum absolute atomic E-state index is 0.279. The molecular weight excluding hydrogens is 366 g/mol. The zero-order valence-corrected chi connectivity index (χ0v) is 14.2. The molecule has 1 aliphatic carbocycles. The highest BCUT2D eigenvalue weighted by molar-refractivity contribution is 9.10. The van der Waals surface area contributed by atoms with Gasteiger partial charge in [0.2, 0.25) is 10.0 Å². The van der Waals surface area contributed by atoms with Crippen molar-refractivity contribution < 1.29 is 18.3 Å². The molecule has 2 rings (SSSR count). The number of carboxylic acids is 1. The summed E-state index contributed by atoms with van der Waals surface area (Å²) in [5.41, 5.74) is 0. The van der Waals surface area contributed by atoms with E-state index in [1.54, 1.807) is 0 Å². The van der Waals surface area contributed by atoms with E-state index in [4.69, 9.17) is 5.11 Å². The first-order valence-corrected chi connectivity index (χ1v) is 9.41. The van der Waals surface area contributed by atoms with Crippen molar-refractivity contribution in [3.05, 3.63) is 20.8 Å². The molecular formula is C12H16BrNO4S2. The van der Waals surface area contributed by atoms with Crippen LogP contribution in [0.3, 0.4) is 0 Å². The van der Waals surface area contributed by atoms with Crippen LogP contribution in [0.2, 0.25) is 0 Å². The number of carboxylic acid groups (broad SMARTS) is 1. The van der Waals surface area contributed by atoms with Gasteiger partial charge in [0.1, 0.15) is 0 Å². The lowest BCUT2D eigenvalue weighted by atomic mass is 10.1. The first kappa shape index (κ1) is 15.9. The quantitative estimate of drug-likeness (QED) is 0.849. The van der Waals surface area contributed by atoms with Crippen LogP contribution < -0.4 is 0 Å². The normalized spacial score (nSPS) is 23.4. The van der Waals surface area contributed by atoms with Crippen molar-refractivity contribution in [2.45, 2.75) is 31.1 Å². The number of nitrogens with zero attached hydrogens (tertiary/aromatic N) is 1. The van der Waals surface area contributed by atoms with Gasteiger partial charge < -0.3 is 5.11 Å². The molecule has 1 fully saturated rings. The second-order valence-corrected chi connectivity index (χ2v) is 9.12. The topological polar surface area (TPSA) is 74.7 Å². The second kappa shape index (κ2) is 6.13. The van der Waals surface area contributed by atoms with Crippen molar-refractivity contribution in [2.75, 3.05) is 7.05 Å². The first-order valence-electron chi connectivity index (χ1n) is 6.23. The van der Waals surface area contributed by atoms with Gasteiger partial charge in [-0.1, -0.05) is 6.42 Å². The molecule has 0 aromatic carbocycles. The Labute approximate surface area is 130 Å². The number of rotatable bonds is 5. The van der Waals surface area contributed by atoms with Crippen molar-refractivity contribution >= 4 is 43.3 Å². The standard InChI is InChI=1S/C12H16BrNO4S2/c1-14(6-9-5-8(13)7-19-9)20(17,18)11-4-2-3-10(11)12(15)16/h5,7,10-11H,2-4,6H2,1H3,(H,15,16). The average Bonchev–Trinajstić information content (AvgIpc) is 2.98. The maximum atomic E-state index is 12.5. The van der Waals surface area contributed by atoms with Gasteiger partial charge in [0.15, 0.2) is 0 Å². The van der Waals surface area contributed by atoms with Gasteiger partial charge in [-0.15, -0.1) is 11.3 Å². The van der Waals surface area contributed by atoms with Crippen LogP contribution in [-0.4, -0.2) is 36.1 Å². The Morgan fingerprint density at radius 3 is 2.80 bits per heavy atom. The fourth-order valence-corrected chi connectivity index (χ4v) is 6.04. The molecule has 0 bridgehead atoms. The number of sulfonamides is 1. The van der Waals surface area contributed by atoms with E-state index in [0.29, 0.717) is 19.3 Å². The maximum Gasteiger partial charge on any atom is 0.307 e. The number of hydrogen-bond donors (Lipinski definition) is 1. The first-order chi connectivity index (χ1) is 9.32. The van der Waals surface area contributed by atoms with E-state index in [1.807, 2.05) is 11.4 Å². The summed E-state index contributed by atoms with van der Waals surface area (Å²) in [6.07, 6.45) is 1.52. The molecule has 1 heterocycles. The molecule has 1 aromatic rings. The number of carbonyl (C=O) groups is 1. The lowest BCUT2D eigenvalue weighted by molar-refractivity contribution is -0.141. The zero-order chi connectivity index (χ0) is 14.9. The van der Waals surface area contributed by atoms with Crippen molar-refractivity contribution in [3.63, 3.8) is 0 Å². The molecule has 5 nitrogen and oxygen atoms in total. The van der Waals surface area contributed by atoms with Gasteiger partial charge in [-0.2, -0.15) is 4.31 Å². The smallest absolute Gasteiger partial charge is 0.307 e. The highest BCUT2D eigenvalue weighted by atomic mass is 79.9. The molecule has 8 heteroatoms. The summed E-state index contributed by atoms with van der Waals surface area (Å²) in [7, 11) is -2.06. The SMILES string of the molecule is CN(Cc1cc(Br)cs1)S(=O)(=O)C1CCCC1C(=O)O. The van der Waals surface area contributed by atoms with Gasteiger partial charge in [0, 0.05) is 28.3 Å². The van der Waals surface area contributed by atoms with Gasteiger partial charge in [-0.05, 0) is 34.8 Å². The third kappa shape index (κ3) is 3.24. The highest BCUT2D eigenvalue weighted by Crippen LogP contribution is 2.33. The van der Waals surface area contributed by atoms with Crippen molar-refractivity contribution in [1.82, 2.24) is 4.31 Å². The Balaban J connectivity index is 2.15. The molecule has 1 aromatic heterocycles. The summed E-state index contributed by atoms with van der Waals surface area (Å²) in [6, 6.07) is 1.88. The number of halogens is 1. The fourth-order valence-electron chi connectivity index (χ4n) is 2.54. The summed E-state index contributed by atoms with van der Waals surface area (Å²) in [6.45, 7) is 0.279. The molecule has 1 aliphatic rings. The third-order valence-corrected chi connectivity index (χ3v) is 7.60. The third-order valence-electron chi connectivity index (χ3n) is 3.59. The van der Waals surface area contributed by atoms with E-state index in [2.05, 4.69) is 15.9 Å². The number of hydrogen-bond acceptors (Lipinski definition) is 4. The van der Waals surface area contributed by atoms with E-state index in [1.165, 1.54) is 22.7 Å². The Bertz CT molecular complexity index is 598. The zero-order valence-electron chi connectivity index (χ0n) is 11.0. The summed E-state index contributed by atoms with van der Waals surface area (Å²) in [4.78, 5) is 12.1. The Hall–Kier alpha value is -0.440. The summed E-state index contributed by atoms with van der Waals surface area (Å²) in [5.74, 6) is -1.79. The minimum atomic E-state index is -3.58. The van der Waals surface area contributed by atoms with Gasteiger partial charge in [0.05, 0.1) is 11.2 Å². The van der Waals surface area contributed by atoms with E-state index in [0.717, 1.165) is 9.35 Å². The molecule has 0 aliphatic heterocycles. The van der Waals surface area contributed by atoms with Gasteiger partial charge >= 0.3 is 5.97 Å². The lowest BCUT2D eigenvalue weighted by Gasteiger charge is -2.23. The molecule has 0 saturated heterocycles. The molecule has 2 unspecified atom stereocenters. The van der Waals surface area contributed by atoms with E-state index in [-0.39, 0.29) is 6.54 Å². The molecule has 0 radical (unpaired) electrons. The van der Waals surface area contributed by atoms with Gasteiger partial charge in [0.25, 0.3) is 0 Å². The predicted molar refractivity (Wildman–Crippen MR) is 81.2 cm³/mol. The predicted octanol–water partition coefficient (Wildman–Crippen LogP) is 2.53. The van der Waals surface area contributed by atoms with Crippen LogP contribution in [0, 0.1) is 5.92 Å². The average molecular weight is 382 g/mol. The van der Waals surface area contributed by atoms with Crippen LogP contribution in [0.5, 0.6) is 0 Å². The monoisotopic (exact) mass is 381 g/mol. The maximum absolute atomic E-state index is 12.5. The Kier molecular flexibility index (Phi) is 4.88. The molecule has 1 saturated carbocycles. The van der Waals surface area contributed by atoms with Crippen molar-refractivity contribution in [2.24, 2.45) is 5.92 Å². The van der Waals surface area contributed by atoms with E-state index >= 15 is 0 Å². The van der Waals surface area contributed by atoms with Crippen molar-refractivity contribution in [3.8, 4) is 0 Å². The molecule has 1 N–H and O–H groups in total. The van der Waals surface area contributed by atoms with E-state index in [9.17, 15) is 13.2 Å². The van der Waals surface area contributed by atoms with Crippen LogP contribution in [0.4, 0.5) is 0 Å². The van der Waals surface area contributed by atoms with Crippen LogP contribution in [0.25, 0.3) is 0 Å². The summed E-state index contributed by atoms with van der Waals surface area (Å²) < 4.78 is 27.2. The summed E-state index contributed by atoms with van der Waals surface area (Å²) in [5, 5.41) is 10.2. The Morgan fingerprint density at radius 1 is 1.55 bits per heavy atom. The largest absolute Gasteiger partial charge is 0.481 e. The summed E-state index contributed by atoms with van der Waals surface area (Å²) >= 11 is 4.81. The van der Waals surface area contributed by atoms with Gasteiger partial charge in [-0.3, -0.25) is 4.79 Å². The molecule has 20 heavy (non-hydrogen) atoms. The lowest BCUT2D eigenvalue weighted by Crippen LogP contribution is -2.39. The Morgan fingerprint density at radius 2 is 2.25 bits per heavy atom. The highest BCUT2D eigenvalue weighted by Gasteiger charge is 2.43. The molecule has 2 atom stereocenters. The van der Waals surface area contributed by atoms with Crippen LogP contribution in [0.1, 0.15) is 24.1 Å². The minimum Gasteiger partial charge on any atom is -0.481 e. The fraction of sp³-hybridized carbons (Fsp3) is 0.583. The second-order valence-electron chi connectivity index (χ2n) is 4.95. The van der Waals surface area contributed by atoms with Crippen LogP contribution >= 0.6 is 27.3 Å².